The van der Waals surface area contributed by atoms with Crippen LogP contribution >= 0.6 is 0 Å². The Kier molecular flexibility index (Phi) is 14.2. The van der Waals surface area contributed by atoms with Crippen LogP contribution in [0.3, 0.4) is 0 Å². The quantitative estimate of drug-likeness (QED) is 0.652. The zero-order chi connectivity index (χ0) is 14.2. The number of hydrogen-bond acceptors (Lipinski definition) is 2. The maximum absolute atomic E-state index is 5.39. The Labute approximate surface area is 119 Å². The van der Waals surface area contributed by atoms with Gasteiger partial charge in [-0.25, -0.2) is 0 Å². The third-order valence-electron chi connectivity index (χ3n) is 3.04. The molecule has 1 rings (SSSR count). The number of rotatable bonds is 9. The molecule has 0 unspecified atom stereocenters. The molecular formula is C17H31NO. The van der Waals surface area contributed by atoms with Crippen molar-refractivity contribution in [3.63, 3.8) is 0 Å². The van der Waals surface area contributed by atoms with E-state index >= 15 is 0 Å². The van der Waals surface area contributed by atoms with Crippen molar-refractivity contribution in [2.24, 2.45) is 5.73 Å². The number of para-hydroxylation sites is 1. The van der Waals surface area contributed by atoms with Crippen LogP contribution in [0.2, 0.25) is 0 Å². The summed E-state index contributed by atoms with van der Waals surface area (Å²) >= 11 is 0. The van der Waals surface area contributed by atoms with Gasteiger partial charge in [0.1, 0.15) is 5.75 Å². The van der Waals surface area contributed by atoms with Crippen LogP contribution in [0.5, 0.6) is 5.75 Å². The SMILES string of the molecule is CCCCCCCCCCN.COc1ccccc1. The summed E-state index contributed by atoms with van der Waals surface area (Å²) in [6.07, 6.45) is 11.0. The molecule has 2 N–H and O–H groups in total. The summed E-state index contributed by atoms with van der Waals surface area (Å²) in [5.74, 6) is 0.910. The Morgan fingerprint density at radius 3 is 1.79 bits per heavy atom. The van der Waals surface area contributed by atoms with Gasteiger partial charge in [-0.15, -0.1) is 0 Å². The first-order valence-corrected chi connectivity index (χ1v) is 7.64. The smallest absolute Gasteiger partial charge is 0.118 e. The van der Waals surface area contributed by atoms with Gasteiger partial charge in [-0.2, -0.15) is 0 Å². The maximum atomic E-state index is 5.39. The van der Waals surface area contributed by atoms with Crippen molar-refractivity contribution < 1.29 is 4.74 Å². The van der Waals surface area contributed by atoms with Gasteiger partial charge in [0.25, 0.3) is 0 Å². The van der Waals surface area contributed by atoms with Gasteiger partial charge < -0.3 is 10.5 Å². The molecule has 1 aromatic carbocycles. The van der Waals surface area contributed by atoms with Gasteiger partial charge in [0.15, 0.2) is 0 Å². The molecule has 0 saturated carbocycles. The zero-order valence-corrected chi connectivity index (χ0v) is 12.7. The van der Waals surface area contributed by atoms with Crippen molar-refractivity contribution in [3.8, 4) is 5.75 Å². The minimum Gasteiger partial charge on any atom is -0.497 e. The lowest BCUT2D eigenvalue weighted by Gasteiger charge is -1.99. The summed E-state index contributed by atoms with van der Waals surface area (Å²) in [5.41, 5.74) is 5.39. The molecule has 0 aliphatic carbocycles. The normalized spacial score (nSPS) is 9.63. The Hall–Kier alpha value is -1.02. The van der Waals surface area contributed by atoms with E-state index in [0.717, 1.165) is 12.3 Å². The summed E-state index contributed by atoms with van der Waals surface area (Å²) in [6, 6.07) is 9.68. The van der Waals surface area contributed by atoms with Crippen molar-refractivity contribution in [2.45, 2.75) is 58.3 Å². The highest BCUT2D eigenvalue weighted by Gasteiger charge is 1.89. The Morgan fingerprint density at radius 2 is 1.37 bits per heavy atom. The topological polar surface area (TPSA) is 35.2 Å². The molecule has 0 saturated heterocycles. The highest BCUT2D eigenvalue weighted by Crippen LogP contribution is 2.07. The second kappa shape index (κ2) is 15.0. The number of methoxy groups -OCH3 is 1. The van der Waals surface area contributed by atoms with Gasteiger partial charge in [-0.05, 0) is 25.1 Å². The molecule has 0 amide bonds. The lowest BCUT2D eigenvalue weighted by atomic mass is 10.1. The van der Waals surface area contributed by atoms with E-state index in [-0.39, 0.29) is 0 Å². The minimum absolute atomic E-state index is 0.870. The van der Waals surface area contributed by atoms with Gasteiger partial charge in [0.2, 0.25) is 0 Å². The molecule has 0 fully saturated rings. The van der Waals surface area contributed by atoms with Crippen LogP contribution in [-0.4, -0.2) is 13.7 Å². The van der Waals surface area contributed by atoms with Gasteiger partial charge in [0.05, 0.1) is 7.11 Å². The summed E-state index contributed by atoms with van der Waals surface area (Å²) in [4.78, 5) is 0. The standard InChI is InChI=1S/C10H23N.C7H8O/c1-2-3-4-5-6-7-8-9-10-11;1-8-7-5-3-2-4-6-7/h2-11H2,1H3;2-6H,1H3. The highest BCUT2D eigenvalue weighted by atomic mass is 16.5. The molecule has 0 bridgehead atoms. The van der Waals surface area contributed by atoms with Crippen LogP contribution < -0.4 is 10.5 Å². The Bertz CT molecular complexity index is 253. The number of nitrogens with two attached hydrogens (primary N) is 1. The molecule has 0 aliphatic rings. The zero-order valence-electron chi connectivity index (χ0n) is 12.7. The molecule has 0 aromatic heterocycles. The molecule has 1 aromatic rings. The Balaban J connectivity index is 0.000000356. The average Bonchev–Trinajstić information content (AvgIpc) is 2.48. The fourth-order valence-corrected chi connectivity index (χ4v) is 1.83. The van der Waals surface area contributed by atoms with Crippen LogP contribution in [0.1, 0.15) is 58.3 Å². The monoisotopic (exact) mass is 265 g/mol. The lowest BCUT2D eigenvalue weighted by molar-refractivity contribution is 0.415. The van der Waals surface area contributed by atoms with E-state index < -0.39 is 0 Å². The fourth-order valence-electron chi connectivity index (χ4n) is 1.83. The fraction of sp³-hybridized carbons (Fsp3) is 0.647. The molecular weight excluding hydrogens is 234 g/mol. The first kappa shape index (κ1) is 18.0. The second-order valence-electron chi connectivity index (χ2n) is 4.78. The largest absolute Gasteiger partial charge is 0.497 e. The lowest BCUT2D eigenvalue weighted by Crippen LogP contribution is -1.97. The minimum atomic E-state index is 0.870. The van der Waals surface area contributed by atoms with E-state index in [0.29, 0.717) is 0 Å². The molecule has 19 heavy (non-hydrogen) atoms. The van der Waals surface area contributed by atoms with Gasteiger partial charge in [-0.3, -0.25) is 0 Å². The summed E-state index contributed by atoms with van der Waals surface area (Å²) in [6.45, 7) is 3.13. The van der Waals surface area contributed by atoms with Gasteiger partial charge >= 0.3 is 0 Å². The Morgan fingerprint density at radius 1 is 0.842 bits per heavy atom. The van der Waals surface area contributed by atoms with E-state index in [9.17, 15) is 0 Å². The van der Waals surface area contributed by atoms with Crippen LogP contribution in [0, 0.1) is 0 Å². The summed E-state index contributed by atoms with van der Waals surface area (Å²) in [7, 11) is 1.66. The molecule has 0 heterocycles. The highest BCUT2D eigenvalue weighted by molar-refractivity contribution is 5.20. The van der Waals surface area contributed by atoms with Crippen LogP contribution in [0.4, 0.5) is 0 Å². The van der Waals surface area contributed by atoms with E-state index in [2.05, 4.69) is 6.92 Å². The predicted molar refractivity (Wildman–Crippen MR) is 84.7 cm³/mol. The third kappa shape index (κ3) is 13.2. The second-order valence-corrected chi connectivity index (χ2v) is 4.78. The molecule has 0 radical (unpaired) electrons. The molecule has 0 atom stereocenters. The van der Waals surface area contributed by atoms with Crippen molar-refractivity contribution in [1.82, 2.24) is 0 Å². The number of hydrogen-bond donors (Lipinski definition) is 1. The van der Waals surface area contributed by atoms with Crippen molar-refractivity contribution in [2.75, 3.05) is 13.7 Å². The van der Waals surface area contributed by atoms with Crippen molar-refractivity contribution in [3.05, 3.63) is 30.3 Å². The molecule has 2 heteroatoms. The van der Waals surface area contributed by atoms with Crippen LogP contribution in [0.25, 0.3) is 0 Å². The number of ether oxygens (including phenoxy) is 1. The van der Waals surface area contributed by atoms with Crippen molar-refractivity contribution >= 4 is 0 Å². The third-order valence-corrected chi connectivity index (χ3v) is 3.04. The van der Waals surface area contributed by atoms with Crippen LogP contribution in [-0.2, 0) is 0 Å². The first-order valence-electron chi connectivity index (χ1n) is 7.64. The molecule has 110 valence electrons. The average molecular weight is 265 g/mol. The maximum Gasteiger partial charge on any atom is 0.118 e. The van der Waals surface area contributed by atoms with Crippen molar-refractivity contribution in [1.29, 1.82) is 0 Å². The number of benzene rings is 1. The van der Waals surface area contributed by atoms with E-state index in [1.165, 1.54) is 51.4 Å². The first-order chi connectivity index (χ1) is 9.35. The van der Waals surface area contributed by atoms with Crippen LogP contribution in [0.15, 0.2) is 30.3 Å². The molecule has 0 spiro atoms. The predicted octanol–water partition coefficient (Wildman–Crippen LogP) is 4.78. The van der Waals surface area contributed by atoms with E-state index in [1.54, 1.807) is 7.11 Å². The van der Waals surface area contributed by atoms with Gasteiger partial charge in [-0.1, -0.05) is 70.1 Å². The molecule has 2 nitrogen and oxygen atoms in total. The molecule has 0 aliphatic heterocycles. The van der Waals surface area contributed by atoms with Gasteiger partial charge in [0, 0.05) is 0 Å². The van der Waals surface area contributed by atoms with E-state index in [1.807, 2.05) is 30.3 Å². The van der Waals surface area contributed by atoms with E-state index in [4.69, 9.17) is 10.5 Å². The number of unbranched alkanes of at least 4 members (excludes halogenated alkanes) is 7. The summed E-state index contributed by atoms with van der Waals surface area (Å²) < 4.78 is 4.91. The summed E-state index contributed by atoms with van der Waals surface area (Å²) in [5, 5.41) is 0.